The van der Waals surface area contributed by atoms with Crippen LogP contribution in [-0.4, -0.2) is 19.3 Å². The smallest absolute Gasteiger partial charge is 0.142 e. The van der Waals surface area contributed by atoms with Gasteiger partial charge in [0.15, 0.2) is 0 Å². The Morgan fingerprint density at radius 3 is 2.68 bits per heavy atom. The van der Waals surface area contributed by atoms with Gasteiger partial charge in [-0.2, -0.15) is 0 Å². The maximum Gasteiger partial charge on any atom is 0.142 e. The van der Waals surface area contributed by atoms with Crippen LogP contribution in [0.1, 0.15) is 38.2 Å². The van der Waals surface area contributed by atoms with Crippen LogP contribution in [0.25, 0.3) is 0 Å². The number of hydrogen-bond acceptors (Lipinski definition) is 3. The lowest BCUT2D eigenvalue weighted by molar-refractivity contribution is -0.00597. The molecular formula is C15H21BrO3. The molecule has 0 saturated heterocycles. The van der Waals surface area contributed by atoms with Crippen molar-refractivity contribution in [2.45, 2.75) is 38.2 Å². The average Bonchev–Trinajstić information content (AvgIpc) is 2.80. The van der Waals surface area contributed by atoms with Crippen molar-refractivity contribution in [3.8, 4) is 11.5 Å². The van der Waals surface area contributed by atoms with Crippen molar-refractivity contribution in [3.05, 3.63) is 22.2 Å². The second-order valence-electron chi connectivity index (χ2n) is 5.08. The molecular weight excluding hydrogens is 308 g/mol. The molecule has 106 valence electrons. The van der Waals surface area contributed by atoms with E-state index in [0.29, 0.717) is 11.7 Å². The number of rotatable bonds is 4. The highest BCUT2D eigenvalue weighted by molar-refractivity contribution is 9.10. The van der Waals surface area contributed by atoms with E-state index in [1.165, 1.54) is 0 Å². The fourth-order valence-electron chi connectivity index (χ4n) is 3.19. The van der Waals surface area contributed by atoms with Crippen LogP contribution in [0, 0.1) is 5.92 Å². The number of halogens is 1. The second-order valence-corrected chi connectivity index (χ2v) is 5.88. The van der Waals surface area contributed by atoms with Crippen molar-refractivity contribution in [1.29, 1.82) is 0 Å². The first kappa shape index (κ1) is 14.7. The minimum Gasteiger partial charge on any atom is -0.495 e. The Kier molecular flexibility index (Phi) is 4.41. The standard InChI is InChI=1S/C15H21BrO3/c1-4-10-6-5-9-15(10,17)11-7-8-12(18-2)13(16)14(11)19-3/h7-8,10,17H,4-6,9H2,1-3H3. The zero-order valence-electron chi connectivity index (χ0n) is 11.7. The Balaban J connectivity index is 2.53. The normalized spacial score (nSPS) is 26.5. The molecule has 2 rings (SSSR count). The predicted molar refractivity (Wildman–Crippen MR) is 78.8 cm³/mol. The Morgan fingerprint density at radius 2 is 2.11 bits per heavy atom. The van der Waals surface area contributed by atoms with Crippen molar-refractivity contribution >= 4 is 15.9 Å². The van der Waals surface area contributed by atoms with E-state index < -0.39 is 5.60 Å². The van der Waals surface area contributed by atoms with Gasteiger partial charge in [0, 0.05) is 5.56 Å². The topological polar surface area (TPSA) is 38.7 Å². The molecule has 1 aliphatic rings. The van der Waals surface area contributed by atoms with Gasteiger partial charge in [-0.25, -0.2) is 0 Å². The van der Waals surface area contributed by atoms with Gasteiger partial charge < -0.3 is 14.6 Å². The van der Waals surface area contributed by atoms with Crippen LogP contribution in [0.4, 0.5) is 0 Å². The van der Waals surface area contributed by atoms with Gasteiger partial charge in [0.1, 0.15) is 16.0 Å². The van der Waals surface area contributed by atoms with Crippen LogP contribution < -0.4 is 9.47 Å². The molecule has 1 fully saturated rings. The highest BCUT2D eigenvalue weighted by Gasteiger charge is 2.43. The van der Waals surface area contributed by atoms with E-state index in [9.17, 15) is 5.11 Å². The van der Waals surface area contributed by atoms with Crippen LogP contribution in [0.15, 0.2) is 16.6 Å². The van der Waals surface area contributed by atoms with E-state index in [2.05, 4.69) is 22.9 Å². The molecule has 3 nitrogen and oxygen atoms in total. The fourth-order valence-corrected chi connectivity index (χ4v) is 3.86. The van der Waals surface area contributed by atoms with Crippen LogP contribution in [0.2, 0.25) is 0 Å². The SMILES string of the molecule is CCC1CCCC1(O)c1ccc(OC)c(Br)c1OC. The highest BCUT2D eigenvalue weighted by atomic mass is 79.9. The van der Waals surface area contributed by atoms with Gasteiger partial charge in [-0.05, 0) is 53.2 Å². The van der Waals surface area contributed by atoms with Gasteiger partial charge in [0.25, 0.3) is 0 Å². The first-order valence-electron chi connectivity index (χ1n) is 6.71. The summed E-state index contributed by atoms with van der Waals surface area (Å²) in [5.41, 5.74) is 0.0848. The Hall–Kier alpha value is -0.740. The maximum absolute atomic E-state index is 11.1. The van der Waals surface area contributed by atoms with Gasteiger partial charge in [-0.3, -0.25) is 0 Å². The summed E-state index contributed by atoms with van der Waals surface area (Å²) in [7, 11) is 3.25. The summed E-state index contributed by atoms with van der Waals surface area (Å²) in [6.45, 7) is 2.13. The highest BCUT2D eigenvalue weighted by Crippen LogP contribution is 2.51. The molecule has 1 aliphatic carbocycles. The largest absolute Gasteiger partial charge is 0.495 e. The summed E-state index contributed by atoms with van der Waals surface area (Å²) >= 11 is 3.50. The summed E-state index contributed by atoms with van der Waals surface area (Å²) in [5, 5.41) is 11.1. The Labute approximate surface area is 123 Å². The van der Waals surface area contributed by atoms with Gasteiger partial charge in [0.2, 0.25) is 0 Å². The van der Waals surface area contributed by atoms with E-state index in [1.807, 2.05) is 12.1 Å². The van der Waals surface area contributed by atoms with E-state index >= 15 is 0 Å². The molecule has 0 heterocycles. The monoisotopic (exact) mass is 328 g/mol. The molecule has 0 aliphatic heterocycles. The summed E-state index contributed by atoms with van der Waals surface area (Å²) < 4.78 is 11.6. The molecule has 1 aromatic rings. The second kappa shape index (κ2) is 5.71. The third-order valence-electron chi connectivity index (χ3n) is 4.23. The lowest BCUT2D eigenvalue weighted by Crippen LogP contribution is -2.30. The van der Waals surface area contributed by atoms with Crippen LogP contribution >= 0.6 is 15.9 Å². The van der Waals surface area contributed by atoms with E-state index in [1.54, 1.807) is 14.2 Å². The number of hydrogen-bond donors (Lipinski definition) is 1. The molecule has 0 spiro atoms. The van der Waals surface area contributed by atoms with Crippen molar-refractivity contribution in [1.82, 2.24) is 0 Å². The van der Waals surface area contributed by atoms with E-state index in [-0.39, 0.29) is 0 Å². The fraction of sp³-hybridized carbons (Fsp3) is 0.600. The van der Waals surface area contributed by atoms with Gasteiger partial charge in [-0.1, -0.05) is 13.3 Å². The first-order valence-corrected chi connectivity index (χ1v) is 7.51. The first-order chi connectivity index (χ1) is 9.08. The third kappa shape index (κ3) is 2.36. The van der Waals surface area contributed by atoms with Crippen molar-refractivity contribution in [2.24, 2.45) is 5.92 Å². The average molecular weight is 329 g/mol. The summed E-state index contributed by atoms with van der Waals surface area (Å²) in [6.07, 6.45) is 3.89. The molecule has 0 amide bonds. The van der Waals surface area contributed by atoms with Gasteiger partial charge >= 0.3 is 0 Å². The molecule has 19 heavy (non-hydrogen) atoms. The molecule has 4 heteroatoms. The molecule has 2 atom stereocenters. The van der Waals surface area contributed by atoms with Crippen molar-refractivity contribution in [2.75, 3.05) is 14.2 Å². The van der Waals surface area contributed by atoms with Crippen LogP contribution in [-0.2, 0) is 5.60 Å². The molecule has 0 radical (unpaired) electrons. The quantitative estimate of drug-likeness (QED) is 0.911. The molecule has 2 unspecified atom stereocenters. The third-order valence-corrected chi connectivity index (χ3v) is 4.98. The van der Waals surface area contributed by atoms with Crippen LogP contribution in [0.5, 0.6) is 11.5 Å². The number of benzene rings is 1. The Morgan fingerprint density at radius 1 is 1.37 bits per heavy atom. The minimum atomic E-state index is -0.783. The molecule has 1 saturated carbocycles. The molecule has 0 aromatic heterocycles. The number of ether oxygens (including phenoxy) is 2. The zero-order valence-corrected chi connectivity index (χ0v) is 13.3. The predicted octanol–water partition coefficient (Wildman–Crippen LogP) is 3.86. The van der Waals surface area contributed by atoms with Gasteiger partial charge in [0.05, 0.1) is 19.8 Å². The lowest BCUT2D eigenvalue weighted by Gasteiger charge is -2.32. The molecule has 1 N–H and O–H groups in total. The van der Waals surface area contributed by atoms with Crippen LogP contribution in [0.3, 0.4) is 0 Å². The van der Waals surface area contributed by atoms with Gasteiger partial charge in [-0.15, -0.1) is 0 Å². The maximum atomic E-state index is 11.1. The summed E-state index contributed by atoms with van der Waals surface area (Å²) in [4.78, 5) is 0. The lowest BCUT2D eigenvalue weighted by atomic mass is 9.82. The molecule has 1 aromatic carbocycles. The number of methoxy groups -OCH3 is 2. The summed E-state index contributed by atoms with van der Waals surface area (Å²) in [6, 6.07) is 3.81. The minimum absolute atomic E-state index is 0.293. The summed E-state index contributed by atoms with van der Waals surface area (Å²) in [5.74, 6) is 1.69. The molecule has 0 bridgehead atoms. The Bertz CT molecular complexity index is 461. The zero-order chi connectivity index (χ0) is 14.0. The van der Waals surface area contributed by atoms with E-state index in [0.717, 1.165) is 41.5 Å². The van der Waals surface area contributed by atoms with E-state index in [4.69, 9.17) is 9.47 Å². The van der Waals surface area contributed by atoms with Crippen molar-refractivity contribution < 1.29 is 14.6 Å². The van der Waals surface area contributed by atoms with Crippen molar-refractivity contribution in [3.63, 3.8) is 0 Å². The number of aliphatic hydroxyl groups is 1.